The van der Waals surface area contributed by atoms with Gasteiger partial charge in [-0.25, -0.2) is 0 Å². The van der Waals surface area contributed by atoms with Crippen LogP contribution >= 0.6 is 0 Å². The molecule has 2 aliphatic rings. The lowest BCUT2D eigenvalue weighted by molar-refractivity contribution is -0.138. The molecule has 0 aliphatic carbocycles. The van der Waals surface area contributed by atoms with E-state index in [0.29, 0.717) is 18.7 Å². The largest absolute Gasteiger partial charge is 0.416 e. The topological polar surface area (TPSA) is 15.3 Å². The van der Waals surface area contributed by atoms with E-state index in [1.807, 2.05) is 0 Å². The van der Waals surface area contributed by atoms with E-state index >= 15 is 0 Å². The Kier molecular flexibility index (Phi) is 2.73. The highest BCUT2D eigenvalue weighted by atomic mass is 19.4. The number of rotatable bonds is 1. The number of hydrogen-bond donors (Lipinski definition) is 1. The average Bonchev–Trinajstić information content (AvgIpc) is 2.72. The molecule has 0 amide bonds. The molecule has 1 fully saturated rings. The van der Waals surface area contributed by atoms with Gasteiger partial charge in [0.15, 0.2) is 0 Å². The smallest absolute Gasteiger partial charge is 0.313 e. The van der Waals surface area contributed by atoms with Crippen LogP contribution in [0.2, 0.25) is 0 Å². The van der Waals surface area contributed by atoms with Crippen LogP contribution in [0.15, 0.2) is 30.9 Å². The van der Waals surface area contributed by atoms with Crippen molar-refractivity contribution >= 4 is 0 Å². The third kappa shape index (κ3) is 1.72. The molecule has 1 unspecified atom stereocenters. The lowest BCUT2D eigenvalue weighted by Gasteiger charge is -2.41. The van der Waals surface area contributed by atoms with Crippen LogP contribution < -0.4 is 5.32 Å². The van der Waals surface area contributed by atoms with Gasteiger partial charge in [0.05, 0.1) is 11.1 Å². The van der Waals surface area contributed by atoms with E-state index in [1.54, 1.807) is 12.1 Å². The lowest BCUT2D eigenvalue weighted by atomic mass is 9.87. The molecule has 1 atom stereocenters. The maximum atomic E-state index is 13.1. The molecule has 1 saturated heterocycles. The number of piperazine rings is 1. The van der Waals surface area contributed by atoms with Crippen LogP contribution in [-0.2, 0) is 18.3 Å². The van der Waals surface area contributed by atoms with Crippen molar-refractivity contribution < 1.29 is 13.2 Å². The highest BCUT2D eigenvalue weighted by Crippen LogP contribution is 2.45. The minimum Gasteiger partial charge on any atom is -0.313 e. The average molecular weight is 268 g/mol. The first-order valence-corrected chi connectivity index (χ1v) is 6.28. The fraction of sp³-hybridized carbons (Fsp3) is 0.429. The van der Waals surface area contributed by atoms with Crippen LogP contribution in [-0.4, -0.2) is 24.5 Å². The van der Waals surface area contributed by atoms with E-state index in [0.717, 1.165) is 18.7 Å². The second kappa shape index (κ2) is 4.08. The van der Waals surface area contributed by atoms with Crippen molar-refractivity contribution in [1.82, 2.24) is 10.2 Å². The van der Waals surface area contributed by atoms with E-state index in [2.05, 4.69) is 16.8 Å². The zero-order valence-electron chi connectivity index (χ0n) is 10.4. The van der Waals surface area contributed by atoms with Crippen molar-refractivity contribution in [3.8, 4) is 0 Å². The Morgan fingerprint density at radius 2 is 2.16 bits per heavy atom. The highest BCUT2D eigenvalue weighted by Gasteiger charge is 2.47. The molecule has 19 heavy (non-hydrogen) atoms. The van der Waals surface area contributed by atoms with Gasteiger partial charge >= 0.3 is 6.18 Å². The van der Waals surface area contributed by atoms with Crippen molar-refractivity contribution in [2.24, 2.45) is 0 Å². The monoisotopic (exact) mass is 268 g/mol. The predicted octanol–water partition coefficient (Wildman–Crippen LogP) is 2.51. The van der Waals surface area contributed by atoms with Crippen molar-refractivity contribution in [2.75, 3.05) is 19.6 Å². The van der Waals surface area contributed by atoms with E-state index in [1.165, 1.54) is 12.1 Å². The summed E-state index contributed by atoms with van der Waals surface area (Å²) in [6.45, 7) is 6.34. The van der Waals surface area contributed by atoms with E-state index < -0.39 is 17.3 Å². The molecule has 102 valence electrons. The lowest BCUT2D eigenvalue weighted by Crippen LogP contribution is -2.54. The second-order valence-corrected chi connectivity index (χ2v) is 5.06. The Balaban J connectivity index is 2.18. The second-order valence-electron chi connectivity index (χ2n) is 5.06. The van der Waals surface area contributed by atoms with E-state index in [9.17, 15) is 13.2 Å². The Bertz CT molecular complexity index is 524. The van der Waals surface area contributed by atoms with Gasteiger partial charge in [-0.15, -0.1) is 6.58 Å². The zero-order valence-corrected chi connectivity index (χ0v) is 10.4. The van der Waals surface area contributed by atoms with E-state index in [4.69, 9.17) is 0 Å². The van der Waals surface area contributed by atoms with Crippen molar-refractivity contribution in [3.05, 3.63) is 47.5 Å². The van der Waals surface area contributed by atoms with Gasteiger partial charge in [-0.05, 0) is 17.2 Å². The highest BCUT2D eigenvalue weighted by molar-refractivity contribution is 5.48. The Hall–Kier alpha value is -1.33. The molecule has 0 bridgehead atoms. The third-order valence-electron chi connectivity index (χ3n) is 4.15. The van der Waals surface area contributed by atoms with Crippen LogP contribution in [0.1, 0.15) is 16.7 Å². The van der Waals surface area contributed by atoms with Crippen LogP contribution in [0, 0.1) is 0 Å². The molecule has 2 nitrogen and oxygen atoms in total. The molecule has 2 aliphatic heterocycles. The number of halogens is 3. The molecule has 5 heteroatoms. The molecule has 3 rings (SSSR count). The van der Waals surface area contributed by atoms with Gasteiger partial charge in [0.25, 0.3) is 0 Å². The van der Waals surface area contributed by atoms with Crippen LogP contribution in [0.4, 0.5) is 13.2 Å². The van der Waals surface area contributed by atoms with Crippen molar-refractivity contribution in [3.63, 3.8) is 0 Å². The number of nitrogens with zero attached hydrogens (tertiary/aromatic N) is 1. The first-order valence-electron chi connectivity index (χ1n) is 6.28. The van der Waals surface area contributed by atoms with Crippen LogP contribution in [0.3, 0.4) is 0 Å². The minimum atomic E-state index is -4.30. The number of alkyl halides is 3. The summed E-state index contributed by atoms with van der Waals surface area (Å²) in [5.74, 6) is 0. The molecule has 0 spiro atoms. The molecule has 0 radical (unpaired) electrons. The van der Waals surface area contributed by atoms with Gasteiger partial charge in [-0.2, -0.15) is 13.2 Å². The number of benzene rings is 1. The summed E-state index contributed by atoms with van der Waals surface area (Å²) in [5, 5.41) is 3.25. The molecule has 1 N–H and O–H groups in total. The summed E-state index contributed by atoms with van der Waals surface area (Å²) < 4.78 is 39.3. The predicted molar refractivity (Wildman–Crippen MR) is 66.6 cm³/mol. The summed E-state index contributed by atoms with van der Waals surface area (Å²) in [7, 11) is 0. The first-order chi connectivity index (χ1) is 8.99. The third-order valence-corrected chi connectivity index (χ3v) is 4.15. The summed E-state index contributed by atoms with van der Waals surface area (Å²) in [6, 6.07) is 4.45. The Morgan fingerprint density at radius 3 is 2.84 bits per heavy atom. The summed E-state index contributed by atoms with van der Waals surface area (Å²) in [5.41, 5.74) is 0.137. The SMILES string of the molecule is C=CC12CNCCN1Cc1c(C(F)(F)F)cccc12. The Morgan fingerprint density at radius 1 is 1.37 bits per heavy atom. The van der Waals surface area contributed by atoms with Crippen molar-refractivity contribution in [1.29, 1.82) is 0 Å². The number of hydrogen-bond acceptors (Lipinski definition) is 2. The molecular weight excluding hydrogens is 253 g/mol. The van der Waals surface area contributed by atoms with E-state index in [-0.39, 0.29) is 0 Å². The first kappa shape index (κ1) is 12.7. The van der Waals surface area contributed by atoms with Gasteiger partial charge in [0, 0.05) is 26.2 Å². The normalized spacial score (nSPS) is 26.9. The van der Waals surface area contributed by atoms with Gasteiger partial charge < -0.3 is 5.32 Å². The summed E-state index contributed by atoms with van der Waals surface area (Å²) >= 11 is 0. The van der Waals surface area contributed by atoms with Crippen LogP contribution in [0.5, 0.6) is 0 Å². The molecule has 1 aromatic rings. The maximum absolute atomic E-state index is 13.1. The fourth-order valence-electron chi connectivity index (χ4n) is 3.22. The zero-order chi connectivity index (χ0) is 13.7. The summed E-state index contributed by atoms with van der Waals surface area (Å²) in [4.78, 5) is 2.08. The molecule has 1 aromatic carbocycles. The standard InChI is InChI=1S/C14H15F3N2/c1-2-13-9-18-6-7-19(13)8-10-11(13)4-3-5-12(10)14(15,16)17/h2-5,18H,1,6-9H2. The van der Waals surface area contributed by atoms with Gasteiger partial charge in [-0.3, -0.25) is 4.90 Å². The van der Waals surface area contributed by atoms with Crippen LogP contribution in [0.25, 0.3) is 0 Å². The Labute approximate surface area is 109 Å². The minimum absolute atomic E-state index is 0.346. The maximum Gasteiger partial charge on any atom is 0.416 e. The quantitative estimate of drug-likeness (QED) is 0.787. The summed E-state index contributed by atoms with van der Waals surface area (Å²) in [6.07, 6.45) is -2.53. The number of fused-ring (bicyclic) bond motifs is 3. The van der Waals surface area contributed by atoms with Gasteiger partial charge in [0.1, 0.15) is 0 Å². The van der Waals surface area contributed by atoms with Gasteiger partial charge in [-0.1, -0.05) is 18.2 Å². The molecule has 0 saturated carbocycles. The molecular formula is C14H15F3N2. The van der Waals surface area contributed by atoms with Gasteiger partial charge in [0.2, 0.25) is 0 Å². The molecule has 0 aromatic heterocycles. The van der Waals surface area contributed by atoms with Crippen molar-refractivity contribution in [2.45, 2.75) is 18.3 Å². The fourth-order valence-corrected chi connectivity index (χ4v) is 3.22. The number of nitrogens with one attached hydrogen (secondary N) is 1. The molecule has 2 heterocycles.